The molecule has 2 rings (SSSR count). The van der Waals surface area contributed by atoms with Gasteiger partial charge in [0, 0.05) is 32.4 Å². The lowest BCUT2D eigenvalue weighted by atomic mass is 10.2. The Bertz CT molecular complexity index is 347. The number of likely N-dealkylation sites (N-methyl/N-ethyl adjacent to an activating group) is 1. The molecule has 1 saturated heterocycles. The van der Waals surface area contributed by atoms with Gasteiger partial charge in [-0.1, -0.05) is 0 Å². The zero-order valence-corrected chi connectivity index (χ0v) is 8.76. The number of carbonyl (C=O) groups excluding carboxylic acids is 1. The van der Waals surface area contributed by atoms with Crippen LogP contribution in [0.1, 0.15) is 10.4 Å². The van der Waals surface area contributed by atoms with Gasteiger partial charge in [0.1, 0.15) is 12.1 Å². The van der Waals surface area contributed by atoms with Gasteiger partial charge in [0.25, 0.3) is 0 Å². The summed E-state index contributed by atoms with van der Waals surface area (Å²) in [4.78, 5) is 23.2. The molecule has 1 aromatic heterocycles. The van der Waals surface area contributed by atoms with Gasteiger partial charge in [-0.3, -0.25) is 4.79 Å². The van der Waals surface area contributed by atoms with Crippen molar-refractivity contribution in [2.75, 3.05) is 38.1 Å². The normalized spacial score (nSPS) is 17.8. The summed E-state index contributed by atoms with van der Waals surface area (Å²) in [6, 6.07) is 0. The third-order valence-corrected chi connectivity index (χ3v) is 2.65. The van der Waals surface area contributed by atoms with Crippen LogP contribution in [-0.2, 0) is 0 Å². The number of piperazine rings is 1. The molecule has 1 aliphatic rings. The lowest BCUT2D eigenvalue weighted by Gasteiger charge is -2.33. The fourth-order valence-electron chi connectivity index (χ4n) is 1.70. The van der Waals surface area contributed by atoms with Gasteiger partial charge in [0.15, 0.2) is 6.29 Å². The number of rotatable bonds is 2. The Morgan fingerprint density at radius 2 is 2.07 bits per heavy atom. The van der Waals surface area contributed by atoms with Gasteiger partial charge in [-0.15, -0.1) is 0 Å². The second-order valence-corrected chi connectivity index (χ2v) is 3.71. The first kappa shape index (κ1) is 10.0. The van der Waals surface area contributed by atoms with E-state index in [1.165, 1.54) is 6.33 Å². The highest BCUT2D eigenvalue weighted by Crippen LogP contribution is 2.15. The Labute approximate surface area is 88.7 Å². The summed E-state index contributed by atoms with van der Waals surface area (Å²) in [5, 5.41) is 0. The summed E-state index contributed by atoms with van der Waals surface area (Å²) in [7, 11) is 2.10. The van der Waals surface area contributed by atoms with Gasteiger partial charge in [0.05, 0.1) is 5.56 Å². The highest BCUT2D eigenvalue weighted by molar-refractivity contribution is 5.82. The van der Waals surface area contributed by atoms with Crippen LogP contribution in [0.5, 0.6) is 0 Å². The molecule has 5 heteroatoms. The molecule has 0 unspecified atom stereocenters. The van der Waals surface area contributed by atoms with Gasteiger partial charge >= 0.3 is 0 Å². The predicted molar refractivity (Wildman–Crippen MR) is 57.1 cm³/mol. The first-order valence-corrected chi connectivity index (χ1v) is 5.00. The largest absolute Gasteiger partial charge is 0.353 e. The van der Waals surface area contributed by atoms with E-state index in [9.17, 15) is 4.79 Å². The van der Waals surface area contributed by atoms with Crippen LogP contribution < -0.4 is 4.90 Å². The molecule has 0 radical (unpaired) electrons. The molecule has 15 heavy (non-hydrogen) atoms. The van der Waals surface area contributed by atoms with Gasteiger partial charge in [-0.2, -0.15) is 0 Å². The standard InChI is InChI=1S/C10H14N4O/c1-13-2-4-14(5-3-13)10-9(7-15)6-11-8-12-10/h6-8H,2-5H2,1H3. The number of hydrogen-bond acceptors (Lipinski definition) is 5. The Hall–Kier alpha value is -1.49. The first-order valence-electron chi connectivity index (χ1n) is 5.00. The molecular formula is C10H14N4O. The fraction of sp³-hybridized carbons (Fsp3) is 0.500. The third kappa shape index (κ3) is 2.12. The van der Waals surface area contributed by atoms with E-state index in [0.29, 0.717) is 5.56 Å². The lowest BCUT2D eigenvalue weighted by Crippen LogP contribution is -2.45. The molecule has 0 atom stereocenters. The monoisotopic (exact) mass is 206 g/mol. The molecule has 1 aliphatic heterocycles. The van der Waals surface area contributed by atoms with Crippen LogP contribution in [0.25, 0.3) is 0 Å². The molecule has 0 aliphatic carbocycles. The summed E-state index contributed by atoms with van der Waals surface area (Å²) in [6.07, 6.45) is 3.86. The quantitative estimate of drug-likeness (QED) is 0.639. The maximum atomic E-state index is 10.8. The van der Waals surface area contributed by atoms with Gasteiger partial charge in [0.2, 0.25) is 0 Å². The van der Waals surface area contributed by atoms with E-state index in [1.54, 1.807) is 6.20 Å². The third-order valence-electron chi connectivity index (χ3n) is 2.65. The van der Waals surface area contributed by atoms with Gasteiger partial charge in [-0.05, 0) is 7.05 Å². The first-order chi connectivity index (χ1) is 7.31. The Balaban J connectivity index is 2.18. The van der Waals surface area contributed by atoms with Crippen molar-refractivity contribution >= 4 is 12.1 Å². The Morgan fingerprint density at radius 3 is 2.73 bits per heavy atom. The minimum atomic E-state index is 0.571. The Morgan fingerprint density at radius 1 is 1.33 bits per heavy atom. The lowest BCUT2D eigenvalue weighted by molar-refractivity contribution is 0.112. The van der Waals surface area contributed by atoms with E-state index in [4.69, 9.17) is 0 Å². The van der Waals surface area contributed by atoms with E-state index in [2.05, 4.69) is 26.8 Å². The molecule has 0 bridgehead atoms. The van der Waals surface area contributed by atoms with E-state index < -0.39 is 0 Å². The van der Waals surface area contributed by atoms with E-state index in [0.717, 1.165) is 38.3 Å². The minimum absolute atomic E-state index is 0.571. The van der Waals surface area contributed by atoms with Crippen LogP contribution >= 0.6 is 0 Å². The summed E-state index contributed by atoms with van der Waals surface area (Å²) >= 11 is 0. The molecule has 0 saturated carbocycles. The molecule has 0 aromatic carbocycles. The van der Waals surface area contributed by atoms with Crippen molar-refractivity contribution in [3.05, 3.63) is 18.1 Å². The number of hydrogen-bond donors (Lipinski definition) is 0. The summed E-state index contributed by atoms with van der Waals surface area (Å²) in [5.74, 6) is 0.758. The van der Waals surface area contributed by atoms with E-state index in [1.807, 2.05) is 0 Å². The second kappa shape index (κ2) is 4.35. The fourth-order valence-corrected chi connectivity index (χ4v) is 1.70. The zero-order valence-electron chi connectivity index (χ0n) is 8.76. The van der Waals surface area contributed by atoms with E-state index in [-0.39, 0.29) is 0 Å². The molecule has 1 aromatic rings. The van der Waals surface area contributed by atoms with Crippen LogP contribution in [0, 0.1) is 0 Å². The minimum Gasteiger partial charge on any atom is -0.353 e. The van der Waals surface area contributed by atoms with Crippen molar-refractivity contribution in [2.45, 2.75) is 0 Å². The number of carbonyl (C=O) groups is 1. The molecule has 0 N–H and O–H groups in total. The van der Waals surface area contributed by atoms with Crippen LogP contribution in [0.4, 0.5) is 5.82 Å². The highest BCUT2D eigenvalue weighted by Gasteiger charge is 2.17. The van der Waals surface area contributed by atoms with Crippen LogP contribution in [0.3, 0.4) is 0 Å². The van der Waals surface area contributed by atoms with Crippen LogP contribution in [0.15, 0.2) is 12.5 Å². The number of aromatic nitrogens is 2. The topological polar surface area (TPSA) is 49.3 Å². The number of aldehydes is 1. The smallest absolute Gasteiger partial charge is 0.155 e. The van der Waals surface area contributed by atoms with Crippen molar-refractivity contribution in [2.24, 2.45) is 0 Å². The van der Waals surface area contributed by atoms with Crippen LogP contribution in [-0.4, -0.2) is 54.4 Å². The predicted octanol–water partition coefficient (Wildman–Crippen LogP) is 0.0409. The summed E-state index contributed by atoms with van der Waals surface area (Å²) < 4.78 is 0. The van der Waals surface area contributed by atoms with Crippen molar-refractivity contribution in [3.8, 4) is 0 Å². The second-order valence-electron chi connectivity index (χ2n) is 3.71. The molecule has 0 amide bonds. The van der Waals surface area contributed by atoms with Crippen molar-refractivity contribution in [3.63, 3.8) is 0 Å². The number of nitrogens with zero attached hydrogens (tertiary/aromatic N) is 4. The maximum absolute atomic E-state index is 10.8. The van der Waals surface area contributed by atoms with Gasteiger partial charge in [-0.25, -0.2) is 9.97 Å². The van der Waals surface area contributed by atoms with Crippen molar-refractivity contribution in [1.82, 2.24) is 14.9 Å². The molecule has 5 nitrogen and oxygen atoms in total. The summed E-state index contributed by atoms with van der Waals surface area (Å²) in [6.45, 7) is 3.83. The Kier molecular flexibility index (Phi) is 2.91. The molecule has 80 valence electrons. The summed E-state index contributed by atoms with van der Waals surface area (Å²) in [5.41, 5.74) is 0.571. The van der Waals surface area contributed by atoms with Crippen molar-refractivity contribution < 1.29 is 4.79 Å². The average Bonchev–Trinajstić information content (AvgIpc) is 2.30. The average molecular weight is 206 g/mol. The molecule has 2 heterocycles. The van der Waals surface area contributed by atoms with Gasteiger partial charge < -0.3 is 9.80 Å². The van der Waals surface area contributed by atoms with E-state index >= 15 is 0 Å². The molecule has 1 fully saturated rings. The van der Waals surface area contributed by atoms with Crippen molar-refractivity contribution in [1.29, 1.82) is 0 Å². The van der Waals surface area contributed by atoms with Crippen LogP contribution in [0.2, 0.25) is 0 Å². The molecular weight excluding hydrogens is 192 g/mol. The number of anilines is 1. The highest BCUT2D eigenvalue weighted by atomic mass is 16.1. The SMILES string of the molecule is CN1CCN(c2ncncc2C=O)CC1. The molecule has 0 spiro atoms. The zero-order chi connectivity index (χ0) is 10.7. The maximum Gasteiger partial charge on any atom is 0.155 e.